The number of carbonyl (C=O) groups is 1. The molecule has 25 heavy (non-hydrogen) atoms. The van der Waals surface area contributed by atoms with Crippen LogP contribution in [0.2, 0.25) is 0 Å². The highest BCUT2D eigenvalue weighted by molar-refractivity contribution is 5.94. The topological polar surface area (TPSA) is 52.6 Å². The molecular weight excluding hydrogens is 314 g/mol. The second-order valence-electron chi connectivity index (χ2n) is 6.53. The van der Waals surface area contributed by atoms with Gasteiger partial charge in [-0.1, -0.05) is 0 Å². The van der Waals surface area contributed by atoms with Crippen LogP contribution >= 0.6 is 0 Å². The molecule has 1 amide bonds. The van der Waals surface area contributed by atoms with Gasteiger partial charge >= 0.3 is 0 Å². The highest BCUT2D eigenvalue weighted by Gasteiger charge is 2.18. The largest absolute Gasteiger partial charge is 0.354 e. The van der Waals surface area contributed by atoms with E-state index in [2.05, 4.69) is 26.8 Å². The fraction of sp³-hybridized carbons (Fsp3) is 0.421. The fourth-order valence-corrected chi connectivity index (χ4v) is 2.93. The van der Waals surface area contributed by atoms with Crippen molar-refractivity contribution in [2.24, 2.45) is 0 Å². The van der Waals surface area contributed by atoms with E-state index in [9.17, 15) is 4.79 Å². The third-order valence-electron chi connectivity index (χ3n) is 4.65. The van der Waals surface area contributed by atoms with E-state index in [0.717, 1.165) is 38.4 Å². The van der Waals surface area contributed by atoms with E-state index in [1.54, 1.807) is 29.6 Å². The molecule has 6 heteroatoms. The zero-order chi connectivity index (χ0) is 17.6. The number of amides is 1. The lowest BCUT2D eigenvalue weighted by Gasteiger charge is -2.33. The minimum atomic E-state index is 0.0341. The van der Waals surface area contributed by atoms with Crippen LogP contribution in [0.1, 0.15) is 15.9 Å². The number of carbonyl (C=O) groups excluding carboxylic acids is 1. The molecule has 0 radical (unpaired) electrons. The van der Waals surface area contributed by atoms with Gasteiger partial charge in [-0.15, -0.1) is 0 Å². The summed E-state index contributed by atoms with van der Waals surface area (Å²) in [6.07, 6.45) is 6.11. The average Bonchev–Trinajstić information content (AvgIpc) is 2.67. The smallest absolute Gasteiger partial charge is 0.253 e. The predicted octanol–water partition coefficient (Wildman–Crippen LogP) is 1.54. The number of piperazine rings is 1. The maximum Gasteiger partial charge on any atom is 0.253 e. The highest BCUT2D eigenvalue weighted by atomic mass is 16.2. The Morgan fingerprint density at radius 2 is 1.84 bits per heavy atom. The van der Waals surface area contributed by atoms with Crippen LogP contribution in [0.25, 0.3) is 0 Å². The maximum absolute atomic E-state index is 12.7. The SMILES string of the molecule is CN1CCN(c2cc(C(=O)N(C)CCc3ccncc3)ccn2)CC1. The van der Waals surface area contributed by atoms with Crippen molar-refractivity contribution in [2.75, 3.05) is 51.7 Å². The van der Waals surface area contributed by atoms with E-state index in [-0.39, 0.29) is 5.91 Å². The Labute approximate surface area is 149 Å². The second kappa shape index (κ2) is 8.07. The molecule has 2 aromatic rings. The average molecular weight is 339 g/mol. The minimum absolute atomic E-state index is 0.0341. The first-order valence-corrected chi connectivity index (χ1v) is 8.67. The standard InChI is InChI=1S/C19H25N5O/c1-22-11-13-24(14-12-22)18-15-17(5-9-21-18)19(25)23(2)10-6-16-3-7-20-8-4-16/h3-5,7-9,15H,6,10-14H2,1-2H3. The Bertz CT molecular complexity index is 698. The van der Waals surface area contributed by atoms with Crippen molar-refractivity contribution in [3.8, 4) is 0 Å². The molecule has 0 unspecified atom stereocenters. The molecule has 0 N–H and O–H groups in total. The lowest BCUT2D eigenvalue weighted by atomic mass is 10.1. The van der Waals surface area contributed by atoms with Gasteiger partial charge in [0.1, 0.15) is 5.82 Å². The Kier molecular flexibility index (Phi) is 5.60. The van der Waals surface area contributed by atoms with Gasteiger partial charge in [0, 0.05) is 63.9 Å². The minimum Gasteiger partial charge on any atom is -0.354 e. The molecule has 1 saturated heterocycles. The van der Waals surface area contributed by atoms with Gasteiger partial charge in [-0.25, -0.2) is 4.98 Å². The van der Waals surface area contributed by atoms with Gasteiger partial charge in [-0.05, 0) is 43.3 Å². The van der Waals surface area contributed by atoms with E-state index in [4.69, 9.17) is 0 Å². The van der Waals surface area contributed by atoms with Crippen LogP contribution in [0, 0.1) is 0 Å². The fourth-order valence-electron chi connectivity index (χ4n) is 2.93. The quantitative estimate of drug-likeness (QED) is 0.827. The summed E-state index contributed by atoms with van der Waals surface area (Å²) < 4.78 is 0. The number of anilines is 1. The second-order valence-corrected chi connectivity index (χ2v) is 6.53. The number of pyridine rings is 2. The van der Waals surface area contributed by atoms with Crippen LogP contribution in [-0.4, -0.2) is 72.5 Å². The summed E-state index contributed by atoms with van der Waals surface area (Å²) >= 11 is 0. The van der Waals surface area contributed by atoms with Gasteiger partial charge in [0.15, 0.2) is 0 Å². The summed E-state index contributed by atoms with van der Waals surface area (Å²) in [6, 6.07) is 7.67. The maximum atomic E-state index is 12.7. The van der Waals surface area contributed by atoms with Crippen LogP contribution < -0.4 is 4.90 Å². The lowest BCUT2D eigenvalue weighted by Crippen LogP contribution is -2.44. The third-order valence-corrected chi connectivity index (χ3v) is 4.65. The van der Waals surface area contributed by atoms with Gasteiger partial charge in [0.25, 0.3) is 5.91 Å². The number of hydrogen-bond acceptors (Lipinski definition) is 5. The van der Waals surface area contributed by atoms with Crippen molar-refractivity contribution in [3.63, 3.8) is 0 Å². The van der Waals surface area contributed by atoms with Gasteiger partial charge in [0.2, 0.25) is 0 Å². The molecule has 0 aliphatic carbocycles. The highest BCUT2D eigenvalue weighted by Crippen LogP contribution is 2.16. The van der Waals surface area contributed by atoms with Crippen molar-refractivity contribution >= 4 is 11.7 Å². The van der Waals surface area contributed by atoms with Crippen molar-refractivity contribution < 1.29 is 4.79 Å². The Balaban J connectivity index is 1.62. The molecule has 0 aromatic carbocycles. The zero-order valence-electron chi connectivity index (χ0n) is 14.9. The van der Waals surface area contributed by atoms with E-state index < -0.39 is 0 Å². The molecule has 3 heterocycles. The Morgan fingerprint density at radius 1 is 1.12 bits per heavy atom. The first kappa shape index (κ1) is 17.4. The van der Waals surface area contributed by atoms with Crippen LogP contribution in [0.4, 0.5) is 5.82 Å². The molecule has 0 spiro atoms. The molecule has 3 rings (SSSR count). The summed E-state index contributed by atoms with van der Waals surface area (Å²) in [7, 11) is 3.97. The number of aromatic nitrogens is 2. The number of nitrogens with zero attached hydrogens (tertiary/aromatic N) is 5. The number of rotatable bonds is 5. The summed E-state index contributed by atoms with van der Waals surface area (Å²) in [4.78, 5) is 27.5. The Morgan fingerprint density at radius 3 is 2.56 bits per heavy atom. The summed E-state index contributed by atoms with van der Waals surface area (Å²) in [5, 5.41) is 0. The van der Waals surface area contributed by atoms with Crippen LogP contribution in [-0.2, 0) is 6.42 Å². The molecule has 1 aliphatic rings. The monoisotopic (exact) mass is 339 g/mol. The van der Waals surface area contributed by atoms with Crippen molar-refractivity contribution in [3.05, 3.63) is 54.0 Å². The van der Waals surface area contributed by atoms with Gasteiger partial charge in [-0.3, -0.25) is 9.78 Å². The van der Waals surface area contributed by atoms with Crippen molar-refractivity contribution in [1.82, 2.24) is 19.8 Å². The van der Waals surface area contributed by atoms with Crippen LogP contribution in [0.5, 0.6) is 0 Å². The summed E-state index contributed by atoms with van der Waals surface area (Å²) in [5.41, 5.74) is 1.88. The van der Waals surface area contributed by atoms with E-state index in [0.29, 0.717) is 12.1 Å². The van der Waals surface area contributed by atoms with E-state index in [1.807, 2.05) is 25.2 Å². The molecule has 0 saturated carbocycles. The van der Waals surface area contributed by atoms with E-state index >= 15 is 0 Å². The Hall–Kier alpha value is -2.47. The molecule has 0 bridgehead atoms. The zero-order valence-corrected chi connectivity index (χ0v) is 14.9. The molecule has 2 aromatic heterocycles. The van der Waals surface area contributed by atoms with Crippen molar-refractivity contribution in [1.29, 1.82) is 0 Å². The summed E-state index contributed by atoms with van der Waals surface area (Å²) in [5.74, 6) is 0.924. The molecule has 132 valence electrons. The van der Waals surface area contributed by atoms with Gasteiger partial charge in [-0.2, -0.15) is 0 Å². The predicted molar refractivity (Wildman–Crippen MR) is 98.8 cm³/mol. The molecular formula is C19H25N5O. The van der Waals surface area contributed by atoms with E-state index in [1.165, 1.54) is 5.56 Å². The van der Waals surface area contributed by atoms with Crippen LogP contribution in [0.3, 0.4) is 0 Å². The lowest BCUT2D eigenvalue weighted by molar-refractivity contribution is 0.0796. The first-order chi connectivity index (χ1) is 12.1. The van der Waals surface area contributed by atoms with Gasteiger partial charge < -0.3 is 14.7 Å². The number of likely N-dealkylation sites (N-methyl/N-ethyl adjacent to an activating group) is 2. The molecule has 6 nitrogen and oxygen atoms in total. The van der Waals surface area contributed by atoms with Crippen LogP contribution in [0.15, 0.2) is 42.9 Å². The van der Waals surface area contributed by atoms with Crippen molar-refractivity contribution in [2.45, 2.75) is 6.42 Å². The van der Waals surface area contributed by atoms with Gasteiger partial charge in [0.05, 0.1) is 0 Å². The normalized spacial score (nSPS) is 15.2. The molecule has 1 fully saturated rings. The first-order valence-electron chi connectivity index (χ1n) is 8.67. The summed E-state index contributed by atoms with van der Waals surface area (Å²) in [6.45, 7) is 4.60. The molecule has 1 aliphatic heterocycles. The third kappa shape index (κ3) is 4.54. The molecule has 0 atom stereocenters. The number of hydrogen-bond donors (Lipinski definition) is 0.